The smallest absolute Gasteiger partial charge is 0.318 e. The number of hydrogen-bond donors (Lipinski definition) is 1. The Bertz CT molecular complexity index is 980. The number of nitrogens with one attached hydrogen (secondary N) is 1. The third kappa shape index (κ3) is 3.41. The Morgan fingerprint density at radius 3 is 2.82 bits per heavy atom. The summed E-state index contributed by atoms with van der Waals surface area (Å²) in [6.07, 6.45) is 2.18. The van der Waals surface area contributed by atoms with Crippen molar-refractivity contribution in [1.29, 1.82) is 0 Å². The summed E-state index contributed by atoms with van der Waals surface area (Å²) in [6.45, 7) is 0.715. The minimum atomic E-state index is -0.342. The molecule has 0 radical (unpaired) electrons. The molecule has 0 spiro atoms. The fraction of sp³-hybridized carbons (Fsp3) is 0.238. The number of carbonyl (C=O) groups is 2. The first-order valence-corrected chi connectivity index (χ1v) is 9.97. The van der Waals surface area contributed by atoms with Gasteiger partial charge in [0.2, 0.25) is 0 Å². The Balaban J connectivity index is 1.71. The van der Waals surface area contributed by atoms with E-state index in [0.717, 1.165) is 21.8 Å². The van der Waals surface area contributed by atoms with E-state index in [1.54, 1.807) is 11.3 Å². The van der Waals surface area contributed by atoms with Crippen LogP contribution in [0.4, 0.5) is 4.79 Å². The van der Waals surface area contributed by atoms with Crippen molar-refractivity contribution < 1.29 is 14.3 Å². The maximum absolute atomic E-state index is 13.1. The fourth-order valence-corrected chi connectivity index (χ4v) is 4.41. The lowest BCUT2D eigenvalue weighted by Crippen LogP contribution is -2.42. The highest BCUT2D eigenvalue weighted by Gasteiger charge is 2.33. The number of fused-ring (bicyclic) bond motifs is 3. The van der Waals surface area contributed by atoms with E-state index in [1.807, 2.05) is 46.8 Å². The Morgan fingerprint density at radius 1 is 1.18 bits per heavy atom. The normalized spacial score (nSPS) is 15.3. The molecular weight excluding hydrogens is 374 g/mol. The van der Waals surface area contributed by atoms with Gasteiger partial charge in [-0.25, -0.2) is 4.79 Å². The lowest BCUT2D eigenvalue weighted by Gasteiger charge is -2.30. The number of hydrogen-bond acceptors (Lipinski definition) is 4. The van der Waals surface area contributed by atoms with Crippen molar-refractivity contribution in [1.82, 2.24) is 14.8 Å². The largest absolute Gasteiger partial charge is 0.469 e. The topological polar surface area (TPSA) is 63.6 Å². The fourth-order valence-electron chi connectivity index (χ4n) is 3.56. The first kappa shape index (κ1) is 18.3. The number of amides is 2. The predicted octanol–water partition coefficient (Wildman–Crippen LogP) is 3.72. The van der Waals surface area contributed by atoms with Crippen LogP contribution in [0.3, 0.4) is 0 Å². The Kier molecular flexibility index (Phi) is 5.16. The zero-order valence-electron chi connectivity index (χ0n) is 15.5. The number of nitrogens with zero attached hydrogens (tertiary/aromatic N) is 2. The molecule has 1 N–H and O–H groups in total. The number of urea groups is 1. The molecule has 1 unspecified atom stereocenters. The first-order chi connectivity index (χ1) is 13.7. The molecule has 1 aromatic carbocycles. The van der Waals surface area contributed by atoms with Gasteiger partial charge in [0, 0.05) is 17.6 Å². The van der Waals surface area contributed by atoms with Gasteiger partial charge in [-0.3, -0.25) is 4.79 Å². The highest BCUT2D eigenvalue weighted by Crippen LogP contribution is 2.38. The number of benzene rings is 1. The highest BCUT2D eigenvalue weighted by atomic mass is 32.1. The predicted molar refractivity (Wildman–Crippen MR) is 108 cm³/mol. The lowest BCUT2D eigenvalue weighted by molar-refractivity contribution is -0.140. The molecule has 0 saturated carbocycles. The van der Waals surface area contributed by atoms with E-state index < -0.39 is 0 Å². The maximum Gasteiger partial charge on any atom is 0.318 e. The molecule has 0 fully saturated rings. The van der Waals surface area contributed by atoms with Crippen molar-refractivity contribution in [2.24, 2.45) is 0 Å². The number of para-hydroxylation sites is 1. The molecule has 0 aliphatic carbocycles. The summed E-state index contributed by atoms with van der Waals surface area (Å²) in [5.74, 6) is -0.342. The standard InChI is InChI=1S/C21H21N3O3S/c1-27-19(25)10-11-22-21(26)24-14-15-6-2-3-7-16(15)23-12-4-8-17(23)20(24)18-9-5-13-28-18/h2-9,12-13,20H,10-11,14H2,1H3,(H,22,26). The van der Waals surface area contributed by atoms with Gasteiger partial charge in [-0.1, -0.05) is 24.3 Å². The van der Waals surface area contributed by atoms with Gasteiger partial charge in [-0.2, -0.15) is 0 Å². The average molecular weight is 395 g/mol. The van der Waals surface area contributed by atoms with E-state index in [2.05, 4.69) is 32.8 Å². The molecule has 6 nitrogen and oxygen atoms in total. The number of thiophene rings is 1. The molecule has 3 aromatic rings. The van der Waals surface area contributed by atoms with Crippen LogP contribution in [0.2, 0.25) is 0 Å². The third-order valence-corrected chi connectivity index (χ3v) is 5.80. The molecule has 2 aromatic heterocycles. The quantitative estimate of drug-likeness (QED) is 0.685. The number of rotatable bonds is 4. The second kappa shape index (κ2) is 7.90. The molecule has 1 aliphatic rings. The van der Waals surface area contributed by atoms with Crippen LogP contribution in [-0.2, 0) is 16.1 Å². The van der Waals surface area contributed by atoms with Gasteiger partial charge in [0.1, 0.15) is 6.04 Å². The summed E-state index contributed by atoms with van der Waals surface area (Å²) in [4.78, 5) is 27.4. The van der Waals surface area contributed by atoms with Crippen molar-refractivity contribution in [3.8, 4) is 5.69 Å². The van der Waals surface area contributed by atoms with Crippen LogP contribution in [0.15, 0.2) is 60.1 Å². The van der Waals surface area contributed by atoms with Crippen molar-refractivity contribution in [3.05, 3.63) is 76.2 Å². The third-order valence-electron chi connectivity index (χ3n) is 4.87. The van der Waals surface area contributed by atoms with Gasteiger partial charge in [0.05, 0.1) is 31.5 Å². The number of methoxy groups -OCH3 is 1. The average Bonchev–Trinajstić information content (AvgIpc) is 3.38. The number of aromatic nitrogens is 1. The van der Waals surface area contributed by atoms with Gasteiger partial charge in [0.25, 0.3) is 0 Å². The number of carbonyl (C=O) groups excluding carboxylic acids is 2. The van der Waals surface area contributed by atoms with E-state index >= 15 is 0 Å². The number of esters is 1. The SMILES string of the molecule is COC(=O)CCNC(=O)N1Cc2ccccc2-n2cccc2C1c1cccs1. The van der Waals surface area contributed by atoms with Crippen LogP contribution in [0.5, 0.6) is 0 Å². The zero-order valence-corrected chi connectivity index (χ0v) is 16.3. The number of ether oxygens (including phenoxy) is 1. The molecule has 1 aliphatic heterocycles. The van der Waals surface area contributed by atoms with Crippen LogP contribution in [0.1, 0.15) is 28.6 Å². The molecule has 4 rings (SSSR count). The van der Waals surface area contributed by atoms with Gasteiger partial charge in [-0.05, 0) is 35.2 Å². The minimum absolute atomic E-state index is 0.146. The monoisotopic (exact) mass is 395 g/mol. The minimum Gasteiger partial charge on any atom is -0.469 e. The van der Waals surface area contributed by atoms with Crippen LogP contribution in [-0.4, -0.2) is 35.1 Å². The second-order valence-electron chi connectivity index (χ2n) is 6.54. The summed E-state index contributed by atoms with van der Waals surface area (Å²) in [5.41, 5.74) is 3.19. The summed E-state index contributed by atoms with van der Waals surface area (Å²) >= 11 is 1.63. The van der Waals surface area contributed by atoms with Gasteiger partial charge in [-0.15, -0.1) is 11.3 Å². The van der Waals surface area contributed by atoms with Crippen LogP contribution in [0.25, 0.3) is 5.69 Å². The lowest BCUT2D eigenvalue weighted by atomic mass is 10.1. The van der Waals surface area contributed by atoms with E-state index in [-0.39, 0.29) is 31.0 Å². The Labute approximate surface area is 167 Å². The van der Waals surface area contributed by atoms with E-state index in [1.165, 1.54) is 7.11 Å². The van der Waals surface area contributed by atoms with Gasteiger partial charge < -0.3 is 19.5 Å². The van der Waals surface area contributed by atoms with E-state index in [0.29, 0.717) is 6.54 Å². The molecule has 0 saturated heterocycles. The van der Waals surface area contributed by atoms with Crippen LogP contribution < -0.4 is 5.32 Å². The van der Waals surface area contributed by atoms with Gasteiger partial charge >= 0.3 is 12.0 Å². The van der Waals surface area contributed by atoms with E-state index in [9.17, 15) is 9.59 Å². The Morgan fingerprint density at radius 2 is 2.04 bits per heavy atom. The second-order valence-corrected chi connectivity index (χ2v) is 7.51. The van der Waals surface area contributed by atoms with Crippen molar-refractivity contribution >= 4 is 23.3 Å². The highest BCUT2D eigenvalue weighted by molar-refractivity contribution is 7.10. The van der Waals surface area contributed by atoms with Crippen molar-refractivity contribution in [3.63, 3.8) is 0 Å². The molecule has 2 amide bonds. The van der Waals surface area contributed by atoms with Crippen LogP contribution in [0, 0.1) is 0 Å². The van der Waals surface area contributed by atoms with E-state index in [4.69, 9.17) is 0 Å². The first-order valence-electron chi connectivity index (χ1n) is 9.09. The summed E-state index contributed by atoms with van der Waals surface area (Å²) < 4.78 is 6.81. The van der Waals surface area contributed by atoms with Crippen molar-refractivity contribution in [2.75, 3.05) is 13.7 Å². The van der Waals surface area contributed by atoms with Gasteiger partial charge in [0.15, 0.2) is 0 Å². The van der Waals surface area contributed by atoms with Crippen molar-refractivity contribution in [2.45, 2.75) is 19.0 Å². The Hall–Kier alpha value is -3.06. The maximum atomic E-state index is 13.1. The molecular formula is C21H21N3O3S. The molecule has 0 bridgehead atoms. The zero-order chi connectivity index (χ0) is 19.5. The molecule has 144 valence electrons. The van der Waals surface area contributed by atoms with Crippen LogP contribution >= 0.6 is 11.3 Å². The molecule has 3 heterocycles. The molecule has 7 heteroatoms. The summed E-state index contributed by atoms with van der Waals surface area (Å²) in [5, 5.41) is 4.89. The molecule has 1 atom stereocenters. The summed E-state index contributed by atoms with van der Waals surface area (Å²) in [6, 6.07) is 15.8. The molecule has 28 heavy (non-hydrogen) atoms. The summed E-state index contributed by atoms with van der Waals surface area (Å²) in [7, 11) is 1.34.